The minimum absolute atomic E-state index is 0.0964. The Hall–Kier alpha value is -2.33. The zero-order chi connectivity index (χ0) is 18.2. The van der Waals surface area contributed by atoms with E-state index in [0.717, 1.165) is 30.5 Å². The fourth-order valence-electron chi connectivity index (χ4n) is 2.99. The molecule has 1 amide bonds. The molecule has 9 heteroatoms. The number of nitrogens with one attached hydrogen (secondary N) is 1. The Kier molecular flexibility index (Phi) is 4.56. The first kappa shape index (κ1) is 17.5. The molecule has 0 radical (unpaired) electrons. The van der Waals surface area contributed by atoms with Crippen molar-refractivity contribution in [3.05, 3.63) is 30.2 Å². The van der Waals surface area contributed by atoms with E-state index in [-0.39, 0.29) is 17.9 Å². The molecule has 2 bridgehead atoms. The number of carbonyl (C=O) groups is 1. The van der Waals surface area contributed by atoms with Gasteiger partial charge >= 0.3 is 0 Å². The number of anilines is 1. The molecular formula is C16H24N8O. The Balaban J connectivity index is 2.18. The topological polar surface area (TPSA) is 164 Å². The summed E-state index contributed by atoms with van der Waals surface area (Å²) in [5.41, 5.74) is 26.3. The van der Waals surface area contributed by atoms with Gasteiger partial charge in [-0.05, 0) is 25.0 Å². The summed E-state index contributed by atoms with van der Waals surface area (Å²) in [5.74, 6) is -1.97. The van der Waals surface area contributed by atoms with E-state index in [9.17, 15) is 4.79 Å². The lowest BCUT2D eigenvalue weighted by molar-refractivity contribution is -0.119. The van der Waals surface area contributed by atoms with Gasteiger partial charge in [-0.2, -0.15) is 5.10 Å². The number of pyridine rings is 1. The molecule has 9 N–H and O–H groups in total. The van der Waals surface area contributed by atoms with Crippen LogP contribution < -0.4 is 28.3 Å². The van der Waals surface area contributed by atoms with Crippen molar-refractivity contribution in [2.24, 2.45) is 28.9 Å². The standard InChI is InChI=1S/C16H24N8O/c1-9-3-2-4-11(17)12-7-10(5-6-21-12)14-13(23-15(9)25)8-22-24(14)16(18,19)20/h5-9,11H,2-4,17-20H2,1H3,(H,23,25). The molecule has 2 aromatic heterocycles. The van der Waals surface area contributed by atoms with Crippen molar-refractivity contribution < 1.29 is 4.79 Å². The molecule has 3 heterocycles. The van der Waals surface area contributed by atoms with Crippen LogP contribution in [0.2, 0.25) is 0 Å². The zero-order valence-corrected chi connectivity index (χ0v) is 14.1. The number of amides is 1. The maximum atomic E-state index is 12.5. The van der Waals surface area contributed by atoms with E-state index in [4.69, 9.17) is 22.9 Å². The maximum Gasteiger partial charge on any atom is 0.227 e. The van der Waals surface area contributed by atoms with Crippen LogP contribution in [0, 0.1) is 5.92 Å². The number of fused-ring (bicyclic) bond motifs is 4. The van der Waals surface area contributed by atoms with Gasteiger partial charge in [0.1, 0.15) is 0 Å². The van der Waals surface area contributed by atoms with Crippen LogP contribution in [0.3, 0.4) is 0 Å². The molecule has 3 rings (SSSR count). The van der Waals surface area contributed by atoms with E-state index in [2.05, 4.69) is 15.4 Å². The fraction of sp³-hybridized carbons (Fsp3) is 0.438. The van der Waals surface area contributed by atoms with E-state index in [0.29, 0.717) is 11.4 Å². The average Bonchev–Trinajstić information content (AvgIpc) is 2.97. The van der Waals surface area contributed by atoms with Gasteiger partial charge < -0.3 is 11.1 Å². The molecule has 0 saturated carbocycles. The first-order valence-corrected chi connectivity index (χ1v) is 8.25. The zero-order valence-electron chi connectivity index (χ0n) is 14.1. The van der Waals surface area contributed by atoms with Gasteiger partial charge in [0, 0.05) is 23.7 Å². The number of hydrogen-bond donors (Lipinski definition) is 5. The quantitative estimate of drug-likeness (QED) is 0.459. The number of nitrogens with zero attached hydrogens (tertiary/aromatic N) is 3. The van der Waals surface area contributed by atoms with Crippen LogP contribution in [-0.2, 0) is 10.7 Å². The monoisotopic (exact) mass is 344 g/mol. The van der Waals surface area contributed by atoms with Crippen LogP contribution >= 0.6 is 0 Å². The van der Waals surface area contributed by atoms with Crippen molar-refractivity contribution in [2.75, 3.05) is 5.32 Å². The molecule has 2 unspecified atom stereocenters. The first-order chi connectivity index (χ1) is 11.8. The highest BCUT2D eigenvalue weighted by Crippen LogP contribution is 2.32. The number of rotatable bonds is 1. The second-order valence-corrected chi connectivity index (χ2v) is 6.60. The molecule has 2 aromatic rings. The van der Waals surface area contributed by atoms with Gasteiger partial charge in [-0.25, -0.2) is 4.68 Å². The summed E-state index contributed by atoms with van der Waals surface area (Å²) in [6.45, 7) is 1.88. The molecule has 9 nitrogen and oxygen atoms in total. The van der Waals surface area contributed by atoms with Gasteiger partial charge in [-0.15, -0.1) is 0 Å². The highest BCUT2D eigenvalue weighted by molar-refractivity contribution is 5.95. The Labute approximate surface area is 145 Å². The minimum atomic E-state index is -1.72. The SMILES string of the molecule is CC1CCCC(N)c2cc(ccn2)-c2c(cnn2C(N)(N)N)NC1=O. The molecule has 2 atom stereocenters. The lowest BCUT2D eigenvalue weighted by Crippen LogP contribution is -2.60. The summed E-state index contributed by atoms with van der Waals surface area (Å²) in [5, 5.41) is 7.07. The van der Waals surface area contributed by atoms with Crippen LogP contribution in [0.5, 0.6) is 0 Å². The van der Waals surface area contributed by atoms with Crippen LogP contribution in [0.1, 0.15) is 37.9 Å². The normalized spacial score (nSPS) is 21.7. The molecular weight excluding hydrogens is 320 g/mol. The highest BCUT2D eigenvalue weighted by Gasteiger charge is 2.26. The second kappa shape index (κ2) is 6.52. The van der Waals surface area contributed by atoms with Gasteiger partial charge in [0.05, 0.1) is 23.3 Å². The molecule has 1 aliphatic rings. The summed E-state index contributed by atoms with van der Waals surface area (Å²) in [6, 6.07) is 3.41. The smallest absolute Gasteiger partial charge is 0.227 e. The summed E-state index contributed by atoms with van der Waals surface area (Å²) < 4.78 is 1.28. The lowest BCUT2D eigenvalue weighted by Gasteiger charge is -2.23. The van der Waals surface area contributed by atoms with E-state index in [1.165, 1.54) is 10.9 Å². The molecule has 0 fully saturated rings. The second-order valence-electron chi connectivity index (χ2n) is 6.60. The van der Waals surface area contributed by atoms with E-state index < -0.39 is 5.91 Å². The number of carbonyl (C=O) groups excluding carboxylic acids is 1. The first-order valence-electron chi connectivity index (χ1n) is 8.25. The molecule has 0 spiro atoms. The fourth-order valence-corrected chi connectivity index (χ4v) is 2.99. The maximum absolute atomic E-state index is 12.5. The van der Waals surface area contributed by atoms with Gasteiger partial charge in [0.25, 0.3) is 0 Å². The van der Waals surface area contributed by atoms with E-state index in [1.807, 2.05) is 13.0 Å². The Morgan fingerprint density at radius 2 is 2.08 bits per heavy atom. The Morgan fingerprint density at radius 3 is 2.80 bits per heavy atom. The van der Waals surface area contributed by atoms with Crippen molar-refractivity contribution in [1.82, 2.24) is 14.8 Å². The Morgan fingerprint density at radius 1 is 1.32 bits per heavy atom. The van der Waals surface area contributed by atoms with Crippen LogP contribution in [0.25, 0.3) is 11.3 Å². The molecule has 1 aliphatic heterocycles. The summed E-state index contributed by atoms with van der Waals surface area (Å²) in [6.07, 6.45) is 5.47. The highest BCUT2D eigenvalue weighted by atomic mass is 16.1. The lowest BCUT2D eigenvalue weighted by atomic mass is 9.97. The van der Waals surface area contributed by atoms with Gasteiger partial charge in [-0.3, -0.25) is 27.0 Å². The van der Waals surface area contributed by atoms with Crippen LogP contribution in [0.15, 0.2) is 24.5 Å². The predicted octanol–water partition coefficient (Wildman–Crippen LogP) is 0.147. The largest absolute Gasteiger partial charge is 0.323 e. The van der Waals surface area contributed by atoms with Crippen molar-refractivity contribution >= 4 is 11.6 Å². The third-order valence-corrected chi connectivity index (χ3v) is 4.43. The average molecular weight is 344 g/mol. The summed E-state index contributed by atoms with van der Waals surface area (Å²) in [7, 11) is 0. The van der Waals surface area contributed by atoms with E-state index >= 15 is 0 Å². The van der Waals surface area contributed by atoms with Crippen molar-refractivity contribution in [1.29, 1.82) is 0 Å². The van der Waals surface area contributed by atoms with Crippen molar-refractivity contribution in [3.63, 3.8) is 0 Å². The summed E-state index contributed by atoms with van der Waals surface area (Å²) in [4.78, 5) is 16.8. The molecule has 0 saturated heterocycles. The summed E-state index contributed by atoms with van der Waals surface area (Å²) >= 11 is 0. The number of nitrogens with two attached hydrogens (primary N) is 4. The number of hydrogen-bond acceptors (Lipinski definition) is 7. The van der Waals surface area contributed by atoms with Gasteiger partial charge in [0.2, 0.25) is 11.8 Å². The number of aromatic nitrogens is 3. The third-order valence-electron chi connectivity index (χ3n) is 4.43. The van der Waals surface area contributed by atoms with Crippen molar-refractivity contribution in [3.8, 4) is 11.3 Å². The molecule has 0 aromatic carbocycles. The predicted molar refractivity (Wildman–Crippen MR) is 94.6 cm³/mol. The van der Waals surface area contributed by atoms with Gasteiger partial charge in [-0.1, -0.05) is 13.3 Å². The minimum Gasteiger partial charge on any atom is -0.323 e. The van der Waals surface area contributed by atoms with Gasteiger partial charge in [0.15, 0.2) is 0 Å². The Bertz CT molecular complexity index is 779. The molecule has 0 aliphatic carbocycles. The van der Waals surface area contributed by atoms with Crippen molar-refractivity contribution in [2.45, 2.75) is 38.1 Å². The van der Waals surface area contributed by atoms with Crippen LogP contribution in [0.4, 0.5) is 5.69 Å². The van der Waals surface area contributed by atoms with E-state index in [1.54, 1.807) is 12.3 Å². The third kappa shape index (κ3) is 3.54. The molecule has 25 heavy (non-hydrogen) atoms. The van der Waals surface area contributed by atoms with Crippen LogP contribution in [-0.4, -0.2) is 20.7 Å². The molecule has 134 valence electrons.